The van der Waals surface area contributed by atoms with Gasteiger partial charge in [-0.1, -0.05) is 65.0 Å². The standard InChI is InChI=1S/C26H37N5O/c1-7-30(8-2)16-12-13-19(3)27-25(32)22-17-21(20-14-10-9-11-15-20)28-24-18-23(26(4,5)6)29-31(22)24/h9-11,14-15,17-19H,7-8,12-13,16H2,1-6H3,(H,27,32)/t19-/m1/s1. The normalized spacial score (nSPS) is 13.0. The van der Waals surface area contributed by atoms with Crippen molar-refractivity contribution in [1.82, 2.24) is 24.8 Å². The maximum absolute atomic E-state index is 13.3. The lowest BCUT2D eigenvalue weighted by Gasteiger charge is -2.20. The molecule has 0 bridgehead atoms. The van der Waals surface area contributed by atoms with Crippen molar-refractivity contribution in [2.45, 2.75) is 65.8 Å². The molecule has 1 N–H and O–H groups in total. The van der Waals surface area contributed by atoms with Crippen LogP contribution in [0.3, 0.4) is 0 Å². The Labute approximate surface area is 192 Å². The number of hydrogen-bond acceptors (Lipinski definition) is 4. The van der Waals surface area contributed by atoms with Crippen LogP contribution in [-0.4, -0.2) is 51.1 Å². The van der Waals surface area contributed by atoms with Crippen LogP contribution in [0.15, 0.2) is 42.5 Å². The van der Waals surface area contributed by atoms with Crippen LogP contribution < -0.4 is 5.32 Å². The topological polar surface area (TPSA) is 62.5 Å². The van der Waals surface area contributed by atoms with Crippen molar-refractivity contribution >= 4 is 11.6 Å². The molecule has 1 atom stereocenters. The van der Waals surface area contributed by atoms with Gasteiger partial charge in [0.1, 0.15) is 5.69 Å². The van der Waals surface area contributed by atoms with Crippen molar-refractivity contribution in [3.8, 4) is 11.3 Å². The Balaban J connectivity index is 1.87. The molecule has 0 aliphatic heterocycles. The van der Waals surface area contributed by atoms with Crippen molar-refractivity contribution in [3.05, 3.63) is 53.9 Å². The zero-order chi connectivity index (χ0) is 23.3. The number of amides is 1. The molecule has 0 unspecified atom stereocenters. The van der Waals surface area contributed by atoms with Gasteiger partial charge in [0.05, 0.1) is 11.4 Å². The van der Waals surface area contributed by atoms with Crippen LogP contribution in [-0.2, 0) is 5.41 Å². The molecule has 3 rings (SSSR count). The summed E-state index contributed by atoms with van der Waals surface area (Å²) >= 11 is 0. The molecular weight excluding hydrogens is 398 g/mol. The van der Waals surface area contributed by atoms with Gasteiger partial charge in [-0.15, -0.1) is 0 Å². The molecule has 0 spiro atoms. The second-order valence-electron chi connectivity index (χ2n) is 9.49. The quantitative estimate of drug-likeness (QED) is 0.517. The maximum Gasteiger partial charge on any atom is 0.270 e. The molecule has 0 radical (unpaired) electrons. The second kappa shape index (κ2) is 10.3. The third kappa shape index (κ3) is 5.74. The fourth-order valence-corrected chi connectivity index (χ4v) is 3.79. The van der Waals surface area contributed by atoms with Crippen LogP contribution >= 0.6 is 0 Å². The molecule has 1 amide bonds. The number of carbonyl (C=O) groups excluding carboxylic acids is 1. The fraction of sp³-hybridized carbons (Fsp3) is 0.500. The van der Waals surface area contributed by atoms with Gasteiger partial charge >= 0.3 is 0 Å². The molecule has 0 aliphatic carbocycles. The number of hydrogen-bond donors (Lipinski definition) is 1. The van der Waals surface area contributed by atoms with E-state index in [4.69, 9.17) is 10.1 Å². The lowest BCUT2D eigenvalue weighted by Crippen LogP contribution is -2.35. The zero-order valence-electron chi connectivity index (χ0n) is 20.4. The van der Waals surface area contributed by atoms with Gasteiger partial charge in [0.25, 0.3) is 5.91 Å². The Morgan fingerprint density at radius 3 is 2.44 bits per heavy atom. The third-order valence-corrected chi connectivity index (χ3v) is 5.88. The fourth-order valence-electron chi connectivity index (χ4n) is 3.79. The van der Waals surface area contributed by atoms with E-state index in [9.17, 15) is 4.79 Å². The number of carbonyl (C=O) groups is 1. The van der Waals surface area contributed by atoms with Crippen LogP contribution in [0.4, 0.5) is 0 Å². The minimum absolute atomic E-state index is 0.0825. The highest BCUT2D eigenvalue weighted by Gasteiger charge is 2.22. The zero-order valence-corrected chi connectivity index (χ0v) is 20.4. The molecular formula is C26H37N5O. The van der Waals surface area contributed by atoms with E-state index in [2.05, 4.69) is 51.8 Å². The summed E-state index contributed by atoms with van der Waals surface area (Å²) in [5.41, 5.74) is 3.74. The molecule has 0 saturated carbocycles. The summed E-state index contributed by atoms with van der Waals surface area (Å²) in [4.78, 5) is 20.5. The Hall–Kier alpha value is -2.73. The second-order valence-corrected chi connectivity index (χ2v) is 9.49. The predicted molar refractivity (Wildman–Crippen MR) is 131 cm³/mol. The van der Waals surface area contributed by atoms with Crippen molar-refractivity contribution < 1.29 is 4.79 Å². The van der Waals surface area contributed by atoms with Gasteiger partial charge in [-0.25, -0.2) is 9.50 Å². The van der Waals surface area contributed by atoms with Gasteiger partial charge in [-0.3, -0.25) is 4.79 Å². The van der Waals surface area contributed by atoms with E-state index in [-0.39, 0.29) is 17.4 Å². The maximum atomic E-state index is 13.3. The van der Waals surface area contributed by atoms with Gasteiger partial charge in [0.15, 0.2) is 5.65 Å². The first-order valence-corrected chi connectivity index (χ1v) is 11.7. The van der Waals surface area contributed by atoms with Crippen LogP contribution in [0, 0.1) is 0 Å². The van der Waals surface area contributed by atoms with Crippen LogP contribution in [0.2, 0.25) is 0 Å². The Kier molecular flexibility index (Phi) is 7.67. The lowest BCUT2D eigenvalue weighted by atomic mass is 9.93. The molecule has 6 nitrogen and oxygen atoms in total. The van der Waals surface area contributed by atoms with Crippen molar-refractivity contribution in [2.24, 2.45) is 0 Å². The molecule has 32 heavy (non-hydrogen) atoms. The largest absolute Gasteiger partial charge is 0.348 e. The highest BCUT2D eigenvalue weighted by Crippen LogP contribution is 2.25. The van der Waals surface area contributed by atoms with E-state index in [0.717, 1.165) is 49.4 Å². The average Bonchev–Trinajstić information content (AvgIpc) is 3.21. The summed E-state index contributed by atoms with van der Waals surface area (Å²) in [6.45, 7) is 16.0. The van der Waals surface area contributed by atoms with Gasteiger partial charge in [-0.05, 0) is 45.5 Å². The molecule has 172 valence electrons. The van der Waals surface area contributed by atoms with Gasteiger partial charge in [0, 0.05) is 23.1 Å². The number of rotatable bonds is 9. The molecule has 0 aliphatic rings. The van der Waals surface area contributed by atoms with Crippen molar-refractivity contribution in [3.63, 3.8) is 0 Å². The summed E-state index contributed by atoms with van der Waals surface area (Å²) in [6, 6.07) is 13.9. The predicted octanol–water partition coefficient (Wildman–Crippen LogP) is 4.93. The molecule has 2 heterocycles. The Morgan fingerprint density at radius 1 is 1.12 bits per heavy atom. The first-order valence-electron chi connectivity index (χ1n) is 11.7. The minimum atomic E-state index is -0.133. The first kappa shape index (κ1) is 23.9. The number of benzene rings is 1. The van der Waals surface area contributed by atoms with Crippen molar-refractivity contribution in [2.75, 3.05) is 19.6 Å². The Bertz CT molecular complexity index is 1030. The van der Waals surface area contributed by atoms with Gasteiger partial charge in [-0.2, -0.15) is 5.10 Å². The van der Waals surface area contributed by atoms with E-state index in [1.165, 1.54) is 0 Å². The number of nitrogens with one attached hydrogen (secondary N) is 1. The van der Waals surface area contributed by atoms with Crippen LogP contribution in [0.25, 0.3) is 16.9 Å². The summed E-state index contributed by atoms with van der Waals surface area (Å²) in [7, 11) is 0. The Morgan fingerprint density at radius 2 is 1.81 bits per heavy atom. The number of nitrogens with zero attached hydrogens (tertiary/aromatic N) is 4. The molecule has 3 aromatic rings. The monoisotopic (exact) mass is 435 g/mol. The molecule has 0 fully saturated rings. The summed E-state index contributed by atoms with van der Waals surface area (Å²) in [5, 5.41) is 7.92. The van der Waals surface area contributed by atoms with Gasteiger partial charge in [0.2, 0.25) is 0 Å². The summed E-state index contributed by atoms with van der Waals surface area (Å²) in [5.74, 6) is -0.117. The average molecular weight is 436 g/mol. The minimum Gasteiger partial charge on any atom is -0.348 e. The molecule has 0 saturated heterocycles. The highest BCUT2D eigenvalue weighted by atomic mass is 16.2. The molecule has 2 aromatic heterocycles. The molecule has 1 aromatic carbocycles. The van der Waals surface area contributed by atoms with Gasteiger partial charge < -0.3 is 10.2 Å². The van der Waals surface area contributed by atoms with Crippen molar-refractivity contribution in [1.29, 1.82) is 0 Å². The third-order valence-electron chi connectivity index (χ3n) is 5.88. The van der Waals surface area contributed by atoms with E-state index in [1.807, 2.05) is 42.5 Å². The highest BCUT2D eigenvalue weighted by molar-refractivity contribution is 5.94. The van der Waals surface area contributed by atoms with E-state index in [0.29, 0.717) is 11.3 Å². The van der Waals surface area contributed by atoms with E-state index >= 15 is 0 Å². The smallest absolute Gasteiger partial charge is 0.270 e. The summed E-state index contributed by atoms with van der Waals surface area (Å²) in [6.07, 6.45) is 1.99. The van der Waals surface area contributed by atoms with E-state index < -0.39 is 0 Å². The SMILES string of the molecule is CCN(CC)CCC[C@@H](C)NC(=O)c1cc(-c2ccccc2)nc2cc(C(C)(C)C)nn12. The van der Waals surface area contributed by atoms with E-state index in [1.54, 1.807) is 4.52 Å². The first-order chi connectivity index (χ1) is 15.2. The number of aromatic nitrogens is 3. The molecule has 6 heteroatoms. The lowest BCUT2D eigenvalue weighted by molar-refractivity contribution is 0.0929. The van der Waals surface area contributed by atoms with Crippen LogP contribution in [0.1, 0.15) is 70.6 Å². The van der Waals surface area contributed by atoms with Crippen LogP contribution in [0.5, 0.6) is 0 Å². The summed E-state index contributed by atoms with van der Waals surface area (Å²) < 4.78 is 1.69. The number of fused-ring (bicyclic) bond motifs is 1.